The second-order valence-electron chi connectivity index (χ2n) is 7.95. The first-order valence-corrected chi connectivity index (χ1v) is 9.85. The molecule has 1 amide bonds. The van der Waals surface area contributed by atoms with Gasteiger partial charge in [-0.05, 0) is 12.5 Å². The van der Waals surface area contributed by atoms with Crippen LogP contribution in [-0.4, -0.2) is 57.8 Å². The highest BCUT2D eigenvalue weighted by Crippen LogP contribution is 2.37. The number of hydrogen-bond acceptors (Lipinski definition) is 5. The van der Waals surface area contributed by atoms with Gasteiger partial charge in [-0.25, -0.2) is 4.79 Å². The van der Waals surface area contributed by atoms with E-state index in [0.29, 0.717) is 46.5 Å². The number of carbonyl (C=O) groups excluding carboxylic acids is 2. The maximum Gasteiger partial charge on any atom is 0.356 e. The topological polar surface area (TPSA) is 94.1 Å². The Morgan fingerprint density at radius 3 is 2.31 bits per heavy atom. The highest BCUT2D eigenvalue weighted by atomic mass is 16.5. The number of benzene rings is 1. The largest absolute Gasteiger partial charge is 0.493 e. The van der Waals surface area contributed by atoms with Crippen molar-refractivity contribution in [3.63, 3.8) is 0 Å². The molecule has 3 rings (SSSR count). The Hall–Kier alpha value is -2.74. The lowest BCUT2D eigenvalue weighted by atomic mass is 9.92. The molecule has 0 aliphatic carbocycles. The fraction of sp³-hybridized carbons (Fsp3) is 0.524. The summed E-state index contributed by atoms with van der Waals surface area (Å²) in [5.74, 6) is 1.53. The predicted molar refractivity (Wildman–Crippen MR) is 110 cm³/mol. The summed E-state index contributed by atoms with van der Waals surface area (Å²) in [4.78, 5) is 29.4. The van der Waals surface area contributed by atoms with Gasteiger partial charge in [0.15, 0.2) is 18.0 Å². The third-order valence-corrected chi connectivity index (χ3v) is 5.45. The Labute approximate surface area is 170 Å². The van der Waals surface area contributed by atoms with E-state index in [1.807, 2.05) is 0 Å². The van der Waals surface area contributed by atoms with Gasteiger partial charge in [-0.15, -0.1) is 0 Å². The van der Waals surface area contributed by atoms with Crippen LogP contribution in [0, 0.1) is 11.8 Å². The number of nitrogens with one attached hydrogen (secondary N) is 3. The number of carbonyl (C=O) groups is 2. The number of ether oxygens (including phenoxy) is 3. The average molecular weight is 404 g/mol. The van der Waals surface area contributed by atoms with E-state index >= 15 is 0 Å². The van der Waals surface area contributed by atoms with E-state index in [9.17, 15) is 9.59 Å². The molecule has 2 heterocycles. The third kappa shape index (κ3) is 4.48. The summed E-state index contributed by atoms with van der Waals surface area (Å²) >= 11 is 0. The molecule has 1 fully saturated rings. The zero-order valence-corrected chi connectivity index (χ0v) is 17.7. The van der Waals surface area contributed by atoms with Gasteiger partial charge in [0.05, 0.1) is 45.6 Å². The molecule has 0 spiro atoms. The molecule has 1 unspecified atom stereocenters. The molecule has 3 N–H and O–H groups in total. The van der Waals surface area contributed by atoms with E-state index in [1.165, 1.54) is 25.5 Å². The molecule has 0 radical (unpaired) electrons. The van der Waals surface area contributed by atoms with E-state index in [-0.39, 0.29) is 11.6 Å². The first kappa shape index (κ1) is 21.0. The van der Waals surface area contributed by atoms with Gasteiger partial charge in [-0.3, -0.25) is 4.79 Å². The Morgan fingerprint density at radius 2 is 1.72 bits per heavy atom. The van der Waals surface area contributed by atoms with E-state index in [2.05, 4.69) is 24.1 Å². The minimum atomic E-state index is -0.554. The number of aromatic nitrogens is 1. The Kier molecular flexibility index (Phi) is 6.32. The number of rotatable bonds is 6. The second-order valence-corrected chi connectivity index (χ2v) is 7.95. The van der Waals surface area contributed by atoms with E-state index in [0.717, 1.165) is 13.1 Å². The molecule has 1 aliphatic heterocycles. The Morgan fingerprint density at radius 1 is 1.10 bits per heavy atom. The lowest BCUT2D eigenvalue weighted by Crippen LogP contribution is -3.15. The molecule has 29 heavy (non-hydrogen) atoms. The summed E-state index contributed by atoms with van der Waals surface area (Å²) in [6, 6.07) is 3.47. The maximum atomic E-state index is 12.8. The summed E-state index contributed by atoms with van der Waals surface area (Å²) in [6.45, 7) is 6.75. The van der Waals surface area contributed by atoms with Crippen molar-refractivity contribution in [3.05, 3.63) is 17.8 Å². The fourth-order valence-electron chi connectivity index (χ4n) is 4.38. The SMILES string of the molecule is COC(=O)c1[nH]c2cc(OC)c(OC)cc2c1NC(=O)C[NH+]1C[C@H](C)C[C@H](C)C1. The number of esters is 1. The zero-order valence-electron chi connectivity index (χ0n) is 17.7. The zero-order chi connectivity index (χ0) is 21.1. The highest BCUT2D eigenvalue weighted by molar-refractivity contribution is 6.11. The maximum absolute atomic E-state index is 12.8. The van der Waals surface area contributed by atoms with Crippen LogP contribution < -0.4 is 19.7 Å². The molecule has 1 saturated heterocycles. The molecule has 2 aromatic rings. The molecular weight excluding hydrogens is 374 g/mol. The van der Waals surface area contributed by atoms with Crippen LogP contribution in [0.5, 0.6) is 11.5 Å². The van der Waals surface area contributed by atoms with Crippen LogP contribution in [-0.2, 0) is 9.53 Å². The predicted octanol–water partition coefficient (Wildman–Crippen LogP) is 1.47. The number of H-pyrrole nitrogens is 1. The highest BCUT2D eigenvalue weighted by Gasteiger charge is 2.28. The third-order valence-electron chi connectivity index (χ3n) is 5.45. The van der Waals surface area contributed by atoms with E-state index < -0.39 is 5.97 Å². The smallest absolute Gasteiger partial charge is 0.356 e. The molecule has 1 aliphatic rings. The van der Waals surface area contributed by atoms with Crippen molar-refractivity contribution in [1.29, 1.82) is 0 Å². The van der Waals surface area contributed by atoms with Crippen LogP contribution in [0.3, 0.4) is 0 Å². The number of hydrogen-bond donors (Lipinski definition) is 3. The van der Waals surface area contributed by atoms with Gasteiger partial charge in [0.2, 0.25) is 0 Å². The van der Waals surface area contributed by atoms with Gasteiger partial charge < -0.3 is 29.4 Å². The number of aromatic amines is 1. The van der Waals surface area contributed by atoms with Crippen molar-refractivity contribution < 1.29 is 28.7 Å². The van der Waals surface area contributed by atoms with E-state index in [1.54, 1.807) is 19.2 Å². The minimum Gasteiger partial charge on any atom is -0.493 e. The monoisotopic (exact) mass is 404 g/mol. The number of amides is 1. The standard InChI is InChI=1S/C21H29N3O5/c1-12-6-13(2)10-24(9-12)11-18(25)23-19-14-7-16(27-3)17(28-4)8-15(14)22-20(19)21(26)29-5/h7-8,12-13,22H,6,9-11H2,1-5H3,(H,23,25)/p+1/t12-,13+. The van der Waals surface area contributed by atoms with Crippen molar-refractivity contribution in [1.82, 2.24) is 4.98 Å². The summed E-state index contributed by atoms with van der Waals surface area (Å²) in [6.07, 6.45) is 1.20. The quantitative estimate of drug-likeness (QED) is 0.634. The number of methoxy groups -OCH3 is 3. The van der Waals surface area contributed by atoms with Crippen LogP contribution in [0.25, 0.3) is 10.9 Å². The molecule has 3 atom stereocenters. The lowest BCUT2D eigenvalue weighted by molar-refractivity contribution is -0.904. The van der Waals surface area contributed by atoms with Gasteiger partial charge in [0.25, 0.3) is 5.91 Å². The average Bonchev–Trinajstić information content (AvgIpc) is 3.02. The molecule has 8 nitrogen and oxygen atoms in total. The van der Waals surface area contributed by atoms with Crippen LogP contribution in [0.2, 0.25) is 0 Å². The Bertz CT molecular complexity index is 897. The molecule has 0 bridgehead atoms. The number of anilines is 1. The van der Waals surface area contributed by atoms with Crippen molar-refractivity contribution in [2.75, 3.05) is 46.3 Å². The fourth-order valence-corrected chi connectivity index (χ4v) is 4.38. The molecule has 8 heteroatoms. The van der Waals surface area contributed by atoms with Gasteiger partial charge >= 0.3 is 5.97 Å². The molecular formula is C21H30N3O5+. The normalized spacial score (nSPS) is 21.6. The minimum absolute atomic E-state index is 0.137. The Balaban J connectivity index is 1.91. The van der Waals surface area contributed by atoms with Crippen molar-refractivity contribution in [3.8, 4) is 11.5 Å². The first-order chi connectivity index (χ1) is 13.9. The van der Waals surface area contributed by atoms with Crippen LogP contribution in [0.1, 0.15) is 30.8 Å². The summed E-state index contributed by atoms with van der Waals surface area (Å²) in [5.41, 5.74) is 1.24. The number of piperidine rings is 1. The van der Waals surface area contributed by atoms with Crippen LogP contribution in [0.15, 0.2) is 12.1 Å². The molecule has 158 valence electrons. The van der Waals surface area contributed by atoms with Gasteiger partial charge in [-0.1, -0.05) is 13.8 Å². The first-order valence-electron chi connectivity index (χ1n) is 9.85. The number of quaternary nitrogens is 1. The number of fused-ring (bicyclic) bond motifs is 1. The summed E-state index contributed by atoms with van der Waals surface area (Å²) in [7, 11) is 4.39. The number of likely N-dealkylation sites (tertiary alicyclic amines) is 1. The van der Waals surface area contributed by atoms with Crippen LogP contribution in [0.4, 0.5) is 5.69 Å². The van der Waals surface area contributed by atoms with Gasteiger partial charge in [0.1, 0.15) is 5.69 Å². The summed E-state index contributed by atoms with van der Waals surface area (Å²) < 4.78 is 15.6. The second kappa shape index (κ2) is 8.73. The van der Waals surface area contributed by atoms with Crippen molar-refractivity contribution in [2.24, 2.45) is 11.8 Å². The molecule has 0 saturated carbocycles. The van der Waals surface area contributed by atoms with Gasteiger partial charge in [-0.2, -0.15) is 0 Å². The summed E-state index contributed by atoms with van der Waals surface area (Å²) in [5, 5.41) is 3.59. The van der Waals surface area contributed by atoms with Crippen LogP contribution >= 0.6 is 0 Å². The lowest BCUT2D eigenvalue weighted by Gasteiger charge is -2.31. The molecule has 1 aromatic heterocycles. The van der Waals surface area contributed by atoms with Crippen molar-refractivity contribution >= 4 is 28.5 Å². The van der Waals surface area contributed by atoms with Crippen molar-refractivity contribution in [2.45, 2.75) is 20.3 Å². The van der Waals surface area contributed by atoms with E-state index in [4.69, 9.17) is 14.2 Å². The van der Waals surface area contributed by atoms with Gasteiger partial charge in [0, 0.05) is 23.3 Å². The molecule has 1 aromatic carbocycles.